The smallest absolute Gasteiger partial charge is 0.355 e. The van der Waals surface area contributed by atoms with Crippen LogP contribution in [0.5, 0.6) is 0 Å². The number of amides is 1. The fraction of sp³-hybridized carbons (Fsp3) is 0.217. The quantitative estimate of drug-likeness (QED) is 0.590. The summed E-state index contributed by atoms with van der Waals surface area (Å²) >= 11 is 0. The Morgan fingerprint density at radius 2 is 1.43 bits per heavy atom. The van der Waals surface area contributed by atoms with Crippen molar-refractivity contribution in [3.8, 4) is 0 Å². The molecular weight excluding hydrogens is 352 g/mol. The van der Waals surface area contributed by atoms with Crippen LogP contribution in [0.2, 0.25) is 0 Å². The Kier molecular flexibility index (Phi) is 6.27. The van der Waals surface area contributed by atoms with Gasteiger partial charge in [0.25, 0.3) is 5.91 Å². The molecule has 2 aromatic carbocycles. The summed E-state index contributed by atoms with van der Waals surface area (Å²) in [6.45, 7) is 2.51. The van der Waals surface area contributed by atoms with Gasteiger partial charge in [0.15, 0.2) is 6.10 Å². The SMILES string of the molecule is CC(OC(=O)c1cccn1C)C(=O)N(Cc1ccccc1)Cc1ccccc1. The lowest BCUT2D eigenvalue weighted by molar-refractivity contribution is -0.141. The first-order valence-corrected chi connectivity index (χ1v) is 9.23. The van der Waals surface area contributed by atoms with Crippen molar-refractivity contribution in [1.29, 1.82) is 0 Å². The zero-order chi connectivity index (χ0) is 19.9. The molecule has 3 aromatic rings. The Balaban J connectivity index is 1.74. The number of carbonyl (C=O) groups is 2. The van der Waals surface area contributed by atoms with Gasteiger partial charge in [-0.25, -0.2) is 4.79 Å². The van der Waals surface area contributed by atoms with Gasteiger partial charge in [-0.2, -0.15) is 0 Å². The fourth-order valence-electron chi connectivity index (χ4n) is 3.02. The Bertz CT molecular complexity index is 878. The first kappa shape index (κ1) is 19.4. The molecule has 0 aliphatic heterocycles. The van der Waals surface area contributed by atoms with Crippen molar-refractivity contribution in [3.05, 3.63) is 95.8 Å². The second-order valence-electron chi connectivity index (χ2n) is 6.72. The molecule has 0 aliphatic rings. The lowest BCUT2D eigenvalue weighted by Gasteiger charge is -2.26. The lowest BCUT2D eigenvalue weighted by Crippen LogP contribution is -2.39. The van der Waals surface area contributed by atoms with Gasteiger partial charge in [-0.3, -0.25) is 4.79 Å². The van der Waals surface area contributed by atoms with Crippen LogP contribution in [0, 0.1) is 0 Å². The van der Waals surface area contributed by atoms with Crippen LogP contribution in [0.4, 0.5) is 0 Å². The van der Waals surface area contributed by atoms with Gasteiger partial charge in [-0.1, -0.05) is 60.7 Å². The van der Waals surface area contributed by atoms with E-state index in [-0.39, 0.29) is 5.91 Å². The topological polar surface area (TPSA) is 51.5 Å². The molecule has 0 saturated carbocycles. The van der Waals surface area contributed by atoms with E-state index in [2.05, 4.69) is 0 Å². The number of hydrogen-bond donors (Lipinski definition) is 0. The van der Waals surface area contributed by atoms with E-state index in [1.165, 1.54) is 0 Å². The number of rotatable bonds is 7. The molecule has 0 saturated heterocycles. The number of nitrogens with zero attached hydrogens (tertiary/aromatic N) is 2. The summed E-state index contributed by atoms with van der Waals surface area (Å²) in [5.74, 6) is -0.733. The van der Waals surface area contributed by atoms with Crippen molar-refractivity contribution in [2.75, 3.05) is 0 Å². The van der Waals surface area contributed by atoms with Gasteiger partial charge in [0.1, 0.15) is 5.69 Å². The van der Waals surface area contributed by atoms with Crippen LogP contribution >= 0.6 is 0 Å². The van der Waals surface area contributed by atoms with E-state index in [4.69, 9.17) is 4.74 Å². The minimum atomic E-state index is -0.880. The van der Waals surface area contributed by atoms with Crippen LogP contribution < -0.4 is 0 Å². The number of esters is 1. The van der Waals surface area contributed by atoms with Gasteiger partial charge in [-0.05, 0) is 30.2 Å². The largest absolute Gasteiger partial charge is 0.448 e. The third-order valence-corrected chi connectivity index (χ3v) is 4.53. The molecule has 1 heterocycles. The number of benzene rings is 2. The van der Waals surface area contributed by atoms with E-state index in [0.717, 1.165) is 11.1 Å². The van der Waals surface area contributed by atoms with Gasteiger partial charge in [0.2, 0.25) is 0 Å². The third kappa shape index (κ3) is 4.88. The average molecular weight is 376 g/mol. The van der Waals surface area contributed by atoms with Crippen LogP contribution in [0.3, 0.4) is 0 Å². The molecule has 0 aliphatic carbocycles. The molecule has 28 heavy (non-hydrogen) atoms. The zero-order valence-electron chi connectivity index (χ0n) is 16.1. The predicted molar refractivity (Wildman–Crippen MR) is 107 cm³/mol. The Hall–Kier alpha value is -3.34. The molecular formula is C23H24N2O3. The van der Waals surface area contributed by atoms with Gasteiger partial charge in [0, 0.05) is 26.3 Å². The maximum absolute atomic E-state index is 13.1. The average Bonchev–Trinajstić information content (AvgIpc) is 3.14. The summed E-state index contributed by atoms with van der Waals surface area (Å²) in [5, 5.41) is 0. The van der Waals surface area contributed by atoms with Crippen molar-refractivity contribution in [2.24, 2.45) is 7.05 Å². The molecule has 1 unspecified atom stereocenters. The van der Waals surface area contributed by atoms with E-state index >= 15 is 0 Å². The summed E-state index contributed by atoms with van der Waals surface area (Å²) in [7, 11) is 1.76. The van der Waals surface area contributed by atoms with E-state index in [1.54, 1.807) is 41.8 Å². The Morgan fingerprint density at radius 3 is 1.89 bits per heavy atom. The second kappa shape index (κ2) is 9.04. The molecule has 144 valence electrons. The van der Waals surface area contributed by atoms with Gasteiger partial charge < -0.3 is 14.2 Å². The van der Waals surface area contributed by atoms with Crippen LogP contribution in [0.15, 0.2) is 79.0 Å². The highest BCUT2D eigenvalue weighted by atomic mass is 16.5. The molecule has 0 fully saturated rings. The van der Waals surface area contributed by atoms with Crippen molar-refractivity contribution in [2.45, 2.75) is 26.1 Å². The molecule has 1 amide bonds. The molecule has 0 bridgehead atoms. The van der Waals surface area contributed by atoms with Crippen molar-refractivity contribution in [1.82, 2.24) is 9.47 Å². The Morgan fingerprint density at radius 1 is 0.893 bits per heavy atom. The maximum atomic E-state index is 13.1. The standard InChI is InChI=1S/C23H24N2O3/c1-18(28-23(27)21-14-9-15-24(21)2)22(26)25(16-19-10-5-3-6-11-19)17-20-12-7-4-8-13-20/h3-15,18H,16-17H2,1-2H3. The number of ether oxygens (including phenoxy) is 1. The fourth-order valence-corrected chi connectivity index (χ4v) is 3.02. The summed E-state index contributed by atoms with van der Waals surface area (Å²) in [6, 6.07) is 23.0. The molecule has 3 rings (SSSR count). The maximum Gasteiger partial charge on any atom is 0.355 e. The summed E-state index contributed by atoms with van der Waals surface area (Å²) < 4.78 is 7.11. The summed E-state index contributed by atoms with van der Waals surface area (Å²) in [4.78, 5) is 27.2. The highest BCUT2D eigenvalue weighted by Gasteiger charge is 2.25. The second-order valence-corrected chi connectivity index (χ2v) is 6.72. The van der Waals surface area contributed by atoms with Gasteiger partial charge in [-0.15, -0.1) is 0 Å². The van der Waals surface area contributed by atoms with Gasteiger partial charge in [0.05, 0.1) is 0 Å². The Labute approximate surface area is 165 Å². The lowest BCUT2D eigenvalue weighted by atomic mass is 10.1. The summed E-state index contributed by atoms with van der Waals surface area (Å²) in [5.41, 5.74) is 2.46. The van der Waals surface area contributed by atoms with Crippen LogP contribution in [0.25, 0.3) is 0 Å². The predicted octanol–water partition coefficient (Wildman–Crippen LogP) is 3.80. The molecule has 5 heteroatoms. The van der Waals surface area contributed by atoms with Crippen molar-refractivity contribution < 1.29 is 14.3 Å². The van der Waals surface area contributed by atoms with E-state index in [1.807, 2.05) is 60.7 Å². The first-order valence-electron chi connectivity index (χ1n) is 9.23. The zero-order valence-corrected chi connectivity index (χ0v) is 16.1. The number of aromatic nitrogens is 1. The van der Waals surface area contributed by atoms with Crippen LogP contribution in [0.1, 0.15) is 28.5 Å². The van der Waals surface area contributed by atoms with E-state index < -0.39 is 12.1 Å². The third-order valence-electron chi connectivity index (χ3n) is 4.53. The minimum Gasteiger partial charge on any atom is -0.448 e. The highest BCUT2D eigenvalue weighted by Crippen LogP contribution is 2.14. The molecule has 0 radical (unpaired) electrons. The number of carbonyl (C=O) groups excluding carboxylic acids is 2. The molecule has 1 aromatic heterocycles. The monoisotopic (exact) mass is 376 g/mol. The highest BCUT2D eigenvalue weighted by molar-refractivity contribution is 5.91. The normalized spacial score (nSPS) is 11.6. The molecule has 0 N–H and O–H groups in total. The summed E-state index contributed by atoms with van der Waals surface area (Å²) in [6.07, 6.45) is 0.884. The number of aryl methyl sites for hydroxylation is 1. The minimum absolute atomic E-state index is 0.227. The molecule has 1 atom stereocenters. The van der Waals surface area contributed by atoms with Crippen LogP contribution in [-0.4, -0.2) is 27.4 Å². The van der Waals surface area contributed by atoms with Crippen molar-refractivity contribution in [3.63, 3.8) is 0 Å². The first-order chi connectivity index (χ1) is 13.5. The number of hydrogen-bond acceptors (Lipinski definition) is 3. The molecule has 0 spiro atoms. The molecule has 5 nitrogen and oxygen atoms in total. The van der Waals surface area contributed by atoms with E-state index in [9.17, 15) is 9.59 Å². The van der Waals surface area contributed by atoms with Gasteiger partial charge >= 0.3 is 5.97 Å². The van der Waals surface area contributed by atoms with Crippen molar-refractivity contribution >= 4 is 11.9 Å². The van der Waals surface area contributed by atoms with Crippen LogP contribution in [-0.2, 0) is 29.7 Å². The van der Waals surface area contributed by atoms with E-state index in [0.29, 0.717) is 18.8 Å².